The lowest BCUT2D eigenvalue weighted by molar-refractivity contribution is 0.102. The largest absolute Gasteiger partial charge is 0.491 e. The smallest absolute Gasteiger partial charge is 0.275 e. The van der Waals surface area contributed by atoms with Gasteiger partial charge in [-0.1, -0.05) is 11.6 Å². The van der Waals surface area contributed by atoms with E-state index >= 15 is 0 Å². The number of benzene rings is 1. The molecule has 1 amide bonds. The number of carbonyl (C=O) groups excluding carboxylic acids is 1. The predicted octanol–water partition coefficient (Wildman–Crippen LogP) is 3.41. The number of anilines is 1. The topological polar surface area (TPSA) is 69.7 Å². The highest BCUT2D eigenvalue weighted by molar-refractivity contribution is 6.34. The van der Waals surface area contributed by atoms with Crippen LogP contribution in [0, 0.1) is 0 Å². The van der Waals surface area contributed by atoms with E-state index in [9.17, 15) is 4.79 Å². The van der Waals surface area contributed by atoms with Crippen molar-refractivity contribution in [2.24, 2.45) is 0 Å². The standard InChI is InChI=1S/C17H19ClN2O4/c1-3-23-15-9-8-14(18)16(20-15)17(21)19-12-4-6-13(7-5-12)24-11-10-22-2/h4-9H,3,10-11H2,1-2H3,(H,19,21). The summed E-state index contributed by atoms with van der Waals surface area (Å²) in [6, 6.07) is 10.2. The second-order valence-corrected chi connectivity index (χ2v) is 5.14. The Kier molecular flexibility index (Phi) is 6.84. The highest BCUT2D eigenvalue weighted by Gasteiger charge is 2.14. The van der Waals surface area contributed by atoms with Crippen LogP contribution in [0.4, 0.5) is 5.69 Å². The Morgan fingerprint density at radius 1 is 1.12 bits per heavy atom. The summed E-state index contributed by atoms with van der Waals surface area (Å²) in [6.45, 7) is 3.28. The molecule has 128 valence electrons. The quantitative estimate of drug-likeness (QED) is 0.739. The van der Waals surface area contributed by atoms with Gasteiger partial charge in [0.25, 0.3) is 5.91 Å². The molecule has 0 saturated heterocycles. The van der Waals surface area contributed by atoms with Crippen molar-refractivity contribution < 1.29 is 19.0 Å². The second kappa shape index (κ2) is 9.10. The van der Waals surface area contributed by atoms with Gasteiger partial charge in [0.05, 0.1) is 18.2 Å². The van der Waals surface area contributed by atoms with Crippen LogP contribution in [0.3, 0.4) is 0 Å². The molecule has 6 nitrogen and oxygen atoms in total. The number of aromatic nitrogens is 1. The third kappa shape index (κ3) is 5.11. The fraction of sp³-hybridized carbons (Fsp3) is 0.294. The van der Waals surface area contributed by atoms with Crippen LogP contribution in [-0.4, -0.2) is 37.8 Å². The predicted molar refractivity (Wildman–Crippen MR) is 92.2 cm³/mol. The highest BCUT2D eigenvalue weighted by Crippen LogP contribution is 2.21. The van der Waals surface area contributed by atoms with Gasteiger partial charge >= 0.3 is 0 Å². The number of halogens is 1. The van der Waals surface area contributed by atoms with Crippen LogP contribution in [0.15, 0.2) is 36.4 Å². The zero-order valence-corrected chi connectivity index (χ0v) is 14.3. The first-order chi connectivity index (χ1) is 11.6. The van der Waals surface area contributed by atoms with Crippen molar-refractivity contribution in [2.75, 3.05) is 32.2 Å². The van der Waals surface area contributed by atoms with Gasteiger partial charge in [-0.15, -0.1) is 0 Å². The van der Waals surface area contributed by atoms with Crippen molar-refractivity contribution >= 4 is 23.2 Å². The van der Waals surface area contributed by atoms with Crippen LogP contribution < -0.4 is 14.8 Å². The monoisotopic (exact) mass is 350 g/mol. The maximum atomic E-state index is 12.3. The molecule has 24 heavy (non-hydrogen) atoms. The number of ether oxygens (including phenoxy) is 3. The van der Waals surface area contributed by atoms with Crippen molar-refractivity contribution in [2.45, 2.75) is 6.92 Å². The van der Waals surface area contributed by atoms with Crippen molar-refractivity contribution in [3.63, 3.8) is 0 Å². The summed E-state index contributed by atoms with van der Waals surface area (Å²) in [5.74, 6) is 0.642. The van der Waals surface area contributed by atoms with Crippen molar-refractivity contribution in [1.82, 2.24) is 4.98 Å². The summed E-state index contributed by atoms with van der Waals surface area (Å²) < 4.78 is 15.7. The maximum Gasteiger partial charge on any atom is 0.275 e. The summed E-state index contributed by atoms with van der Waals surface area (Å²) in [5, 5.41) is 3.00. The number of amides is 1. The maximum absolute atomic E-state index is 12.3. The molecule has 0 fully saturated rings. The van der Waals surface area contributed by atoms with E-state index in [1.807, 2.05) is 6.92 Å². The lowest BCUT2D eigenvalue weighted by Gasteiger charge is -2.09. The van der Waals surface area contributed by atoms with Gasteiger partial charge < -0.3 is 19.5 Å². The van der Waals surface area contributed by atoms with E-state index in [0.29, 0.717) is 37.1 Å². The fourth-order valence-electron chi connectivity index (χ4n) is 1.88. The molecular formula is C17H19ClN2O4. The van der Waals surface area contributed by atoms with Gasteiger partial charge in [-0.05, 0) is 37.3 Å². The number of hydrogen-bond donors (Lipinski definition) is 1. The Morgan fingerprint density at radius 2 is 1.88 bits per heavy atom. The summed E-state index contributed by atoms with van der Waals surface area (Å²) in [5.41, 5.74) is 0.724. The van der Waals surface area contributed by atoms with Crippen LogP contribution in [0.25, 0.3) is 0 Å². The first-order valence-electron chi connectivity index (χ1n) is 7.46. The summed E-state index contributed by atoms with van der Waals surface area (Å²) in [4.78, 5) is 16.4. The normalized spacial score (nSPS) is 10.3. The molecule has 1 N–H and O–H groups in total. The first kappa shape index (κ1) is 18.0. The van der Waals surface area contributed by atoms with Crippen LogP contribution >= 0.6 is 11.6 Å². The average molecular weight is 351 g/mol. The summed E-state index contributed by atoms with van der Waals surface area (Å²) >= 11 is 6.04. The first-order valence-corrected chi connectivity index (χ1v) is 7.84. The molecule has 0 atom stereocenters. The van der Waals surface area contributed by atoms with Crippen molar-refractivity contribution in [3.8, 4) is 11.6 Å². The van der Waals surface area contributed by atoms with Crippen LogP contribution in [0.1, 0.15) is 17.4 Å². The van der Waals surface area contributed by atoms with Gasteiger partial charge in [0, 0.05) is 18.9 Å². The van der Waals surface area contributed by atoms with Crippen molar-refractivity contribution in [3.05, 3.63) is 47.1 Å². The third-order valence-electron chi connectivity index (χ3n) is 3.00. The zero-order chi connectivity index (χ0) is 17.4. The molecule has 0 aliphatic carbocycles. The number of nitrogens with zero attached hydrogens (tertiary/aromatic N) is 1. The summed E-state index contributed by atoms with van der Waals surface area (Å²) in [7, 11) is 1.61. The van der Waals surface area contributed by atoms with E-state index in [1.54, 1.807) is 43.5 Å². The second-order valence-electron chi connectivity index (χ2n) is 4.73. The van der Waals surface area contributed by atoms with Crippen molar-refractivity contribution in [1.29, 1.82) is 0 Å². The summed E-state index contributed by atoms with van der Waals surface area (Å²) in [6.07, 6.45) is 0. The fourth-order valence-corrected chi connectivity index (χ4v) is 2.07. The SMILES string of the molecule is CCOc1ccc(Cl)c(C(=O)Nc2ccc(OCCOC)cc2)n1. The Morgan fingerprint density at radius 3 is 2.54 bits per heavy atom. The van der Waals surface area contributed by atoms with Crippen LogP contribution in [-0.2, 0) is 4.74 Å². The minimum Gasteiger partial charge on any atom is -0.491 e. The Hall–Kier alpha value is -2.31. The molecular weight excluding hydrogens is 332 g/mol. The van der Waals surface area contributed by atoms with E-state index in [4.69, 9.17) is 25.8 Å². The van der Waals surface area contributed by atoms with Gasteiger partial charge in [-0.3, -0.25) is 4.79 Å². The Labute approximate surface area is 145 Å². The molecule has 2 aromatic rings. The number of methoxy groups -OCH3 is 1. The molecule has 0 aliphatic heterocycles. The molecule has 1 aromatic heterocycles. The van der Waals surface area contributed by atoms with Gasteiger partial charge in [0.15, 0.2) is 5.69 Å². The van der Waals surface area contributed by atoms with E-state index in [0.717, 1.165) is 0 Å². The number of rotatable bonds is 8. The van der Waals surface area contributed by atoms with E-state index in [-0.39, 0.29) is 10.7 Å². The van der Waals surface area contributed by atoms with Crippen LogP contribution in [0.5, 0.6) is 11.6 Å². The average Bonchev–Trinajstić information content (AvgIpc) is 2.58. The lowest BCUT2D eigenvalue weighted by atomic mass is 10.2. The van der Waals surface area contributed by atoms with Gasteiger partial charge in [0.1, 0.15) is 12.4 Å². The minimum atomic E-state index is -0.408. The van der Waals surface area contributed by atoms with Crippen LogP contribution in [0.2, 0.25) is 5.02 Å². The van der Waals surface area contributed by atoms with E-state index in [2.05, 4.69) is 10.3 Å². The van der Waals surface area contributed by atoms with E-state index < -0.39 is 5.91 Å². The van der Waals surface area contributed by atoms with Gasteiger partial charge in [-0.25, -0.2) is 4.98 Å². The Balaban J connectivity index is 2.02. The molecule has 0 aliphatic rings. The highest BCUT2D eigenvalue weighted by atomic mass is 35.5. The zero-order valence-electron chi connectivity index (χ0n) is 13.5. The number of carbonyl (C=O) groups is 1. The number of hydrogen-bond acceptors (Lipinski definition) is 5. The molecule has 0 bridgehead atoms. The minimum absolute atomic E-state index is 0.114. The van der Waals surface area contributed by atoms with Gasteiger partial charge in [-0.2, -0.15) is 0 Å². The van der Waals surface area contributed by atoms with E-state index in [1.165, 1.54) is 0 Å². The molecule has 0 unspecified atom stereocenters. The number of pyridine rings is 1. The van der Waals surface area contributed by atoms with Gasteiger partial charge in [0.2, 0.25) is 5.88 Å². The lowest BCUT2D eigenvalue weighted by Crippen LogP contribution is -2.15. The molecule has 0 spiro atoms. The molecule has 1 heterocycles. The Bertz CT molecular complexity index is 677. The number of nitrogens with one attached hydrogen (secondary N) is 1. The molecule has 7 heteroatoms. The molecule has 1 aromatic carbocycles. The molecule has 2 rings (SSSR count). The molecule has 0 saturated carbocycles. The molecule has 0 radical (unpaired) electrons. The third-order valence-corrected chi connectivity index (χ3v) is 3.30.